The lowest BCUT2D eigenvalue weighted by atomic mass is 10.1. The van der Waals surface area contributed by atoms with Gasteiger partial charge in [0.2, 0.25) is 0 Å². The summed E-state index contributed by atoms with van der Waals surface area (Å²) in [6.07, 6.45) is 6.83. The number of fused-ring (bicyclic) bond motifs is 1. The van der Waals surface area contributed by atoms with Crippen LogP contribution < -0.4 is 5.32 Å². The van der Waals surface area contributed by atoms with E-state index in [1.54, 1.807) is 6.20 Å². The summed E-state index contributed by atoms with van der Waals surface area (Å²) in [6.45, 7) is 5.49. The smallest absolute Gasteiger partial charge is 0.386 e. The van der Waals surface area contributed by atoms with Crippen molar-refractivity contribution in [1.29, 1.82) is 0 Å². The third-order valence-electron chi connectivity index (χ3n) is 5.85. The highest BCUT2D eigenvalue weighted by Crippen LogP contribution is 2.36. The second-order valence-electron chi connectivity index (χ2n) is 8.21. The molecular weight excluding hydrogens is 441 g/mol. The fourth-order valence-electron chi connectivity index (χ4n) is 4.50. The fraction of sp³-hybridized carbons (Fsp3) is 0.500. The van der Waals surface area contributed by atoms with Gasteiger partial charge in [-0.15, -0.1) is 0 Å². The average Bonchev–Trinajstić information content (AvgIpc) is 3.34. The van der Waals surface area contributed by atoms with Gasteiger partial charge in [-0.3, -0.25) is 9.80 Å². The number of aromatic nitrogens is 2. The van der Waals surface area contributed by atoms with Gasteiger partial charge in [-0.2, -0.15) is 13.2 Å². The average molecular weight is 471 g/mol. The Labute approximate surface area is 191 Å². The summed E-state index contributed by atoms with van der Waals surface area (Å²) in [5.74, 6) is 0. The molecule has 176 valence electrons. The van der Waals surface area contributed by atoms with Crippen molar-refractivity contribution in [2.24, 2.45) is 0 Å². The maximum atomic E-state index is 10.4. The van der Waals surface area contributed by atoms with Gasteiger partial charge in [0, 0.05) is 56.6 Å². The van der Waals surface area contributed by atoms with Crippen LogP contribution in [-0.2, 0) is 0 Å². The van der Waals surface area contributed by atoms with Gasteiger partial charge in [-0.25, -0.2) is 4.98 Å². The zero-order valence-corrected chi connectivity index (χ0v) is 19.5. The van der Waals surface area contributed by atoms with Crippen LogP contribution in [0.2, 0.25) is 5.02 Å². The molecule has 0 radical (unpaired) electrons. The SMILES string of the molecule is C=C(NC)C1CCCN1C1C=CN(C)C(c2c[nH]c3ncc(Cl)cc23)N1C.CC(F)(F)F. The van der Waals surface area contributed by atoms with E-state index in [1.165, 1.54) is 12.0 Å². The maximum Gasteiger partial charge on any atom is 0.386 e. The van der Waals surface area contributed by atoms with Crippen LogP contribution in [0.1, 0.15) is 31.5 Å². The van der Waals surface area contributed by atoms with E-state index < -0.39 is 6.18 Å². The quantitative estimate of drug-likeness (QED) is 0.678. The molecule has 2 aromatic heterocycles. The first-order valence-corrected chi connectivity index (χ1v) is 10.8. The molecule has 0 amide bonds. The number of alkyl halides is 3. The molecule has 0 saturated carbocycles. The number of likely N-dealkylation sites (N-methyl/N-ethyl adjacent to an activating group) is 2. The van der Waals surface area contributed by atoms with Crippen LogP contribution in [0.15, 0.2) is 43.0 Å². The number of likely N-dealkylation sites (tertiary alicyclic amines) is 1. The number of nitrogens with one attached hydrogen (secondary N) is 2. The van der Waals surface area contributed by atoms with E-state index >= 15 is 0 Å². The first-order chi connectivity index (χ1) is 15.0. The number of aromatic amines is 1. The predicted octanol–water partition coefficient (Wildman–Crippen LogP) is 4.70. The molecule has 2 aliphatic rings. The van der Waals surface area contributed by atoms with Gasteiger partial charge < -0.3 is 15.2 Å². The second kappa shape index (κ2) is 9.72. The molecule has 2 aliphatic heterocycles. The van der Waals surface area contributed by atoms with Crippen LogP contribution in [0.25, 0.3) is 11.0 Å². The Bertz CT molecular complexity index is 966. The number of nitrogens with zero attached hydrogens (tertiary/aromatic N) is 4. The van der Waals surface area contributed by atoms with E-state index in [9.17, 15) is 13.2 Å². The van der Waals surface area contributed by atoms with E-state index in [2.05, 4.69) is 69.1 Å². The van der Waals surface area contributed by atoms with Gasteiger partial charge >= 0.3 is 6.18 Å². The lowest BCUT2D eigenvalue weighted by Gasteiger charge is -2.47. The van der Waals surface area contributed by atoms with Crippen LogP contribution in [-0.4, -0.2) is 70.7 Å². The van der Waals surface area contributed by atoms with Crippen molar-refractivity contribution < 1.29 is 13.2 Å². The zero-order chi connectivity index (χ0) is 23.6. The second-order valence-corrected chi connectivity index (χ2v) is 8.64. The van der Waals surface area contributed by atoms with Crippen LogP contribution in [0, 0.1) is 0 Å². The van der Waals surface area contributed by atoms with Gasteiger partial charge in [0.25, 0.3) is 0 Å². The number of hydrogen-bond acceptors (Lipinski definition) is 5. The van der Waals surface area contributed by atoms with Gasteiger partial charge in [0.1, 0.15) is 11.8 Å². The Hall–Kier alpha value is -2.23. The summed E-state index contributed by atoms with van der Waals surface area (Å²) in [7, 11) is 6.25. The van der Waals surface area contributed by atoms with Crippen LogP contribution in [0.4, 0.5) is 13.2 Å². The molecule has 6 nitrogen and oxygen atoms in total. The number of halogens is 4. The minimum absolute atomic E-state index is 0.0955. The molecular formula is C22H30ClF3N6. The highest BCUT2D eigenvalue weighted by Gasteiger charge is 2.38. The predicted molar refractivity (Wildman–Crippen MR) is 122 cm³/mol. The van der Waals surface area contributed by atoms with Crippen molar-refractivity contribution in [3.63, 3.8) is 0 Å². The molecule has 4 rings (SSSR count). The van der Waals surface area contributed by atoms with Crippen LogP contribution >= 0.6 is 11.6 Å². The van der Waals surface area contributed by atoms with E-state index in [4.69, 9.17) is 11.6 Å². The molecule has 3 unspecified atom stereocenters. The molecule has 0 aromatic carbocycles. The molecule has 4 heterocycles. The Morgan fingerprint density at radius 1 is 1.34 bits per heavy atom. The minimum atomic E-state index is -4.00. The summed E-state index contributed by atoms with van der Waals surface area (Å²) in [5.41, 5.74) is 3.14. The molecule has 2 aromatic rings. The summed E-state index contributed by atoms with van der Waals surface area (Å²) >= 11 is 6.22. The maximum absolute atomic E-state index is 10.4. The van der Waals surface area contributed by atoms with Crippen molar-refractivity contribution in [3.8, 4) is 0 Å². The molecule has 0 spiro atoms. The van der Waals surface area contributed by atoms with E-state index in [0.29, 0.717) is 11.1 Å². The van der Waals surface area contributed by atoms with Crippen molar-refractivity contribution >= 4 is 22.6 Å². The summed E-state index contributed by atoms with van der Waals surface area (Å²) in [5, 5.41) is 4.97. The largest absolute Gasteiger partial charge is 0.391 e. The number of rotatable bonds is 4. The van der Waals surface area contributed by atoms with E-state index in [0.717, 1.165) is 29.7 Å². The van der Waals surface area contributed by atoms with Gasteiger partial charge in [0.05, 0.1) is 17.2 Å². The summed E-state index contributed by atoms with van der Waals surface area (Å²) < 4.78 is 31.1. The highest BCUT2D eigenvalue weighted by molar-refractivity contribution is 6.31. The zero-order valence-electron chi connectivity index (χ0n) is 18.7. The third-order valence-corrected chi connectivity index (χ3v) is 6.05. The molecule has 1 fully saturated rings. The van der Waals surface area contributed by atoms with Crippen LogP contribution in [0.5, 0.6) is 0 Å². The fourth-order valence-corrected chi connectivity index (χ4v) is 4.66. The van der Waals surface area contributed by atoms with Gasteiger partial charge in [0.15, 0.2) is 0 Å². The summed E-state index contributed by atoms with van der Waals surface area (Å²) in [4.78, 5) is 14.9. The van der Waals surface area contributed by atoms with Gasteiger partial charge in [-0.1, -0.05) is 18.2 Å². The number of H-pyrrole nitrogens is 1. The monoisotopic (exact) mass is 470 g/mol. The molecule has 0 bridgehead atoms. The van der Waals surface area contributed by atoms with Crippen molar-refractivity contribution in [2.75, 3.05) is 27.7 Å². The van der Waals surface area contributed by atoms with Crippen molar-refractivity contribution in [2.45, 2.75) is 44.3 Å². The molecule has 3 atom stereocenters. The topological polar surface area (TPSA) is 50.4 Å². The molecule has 1 saturated heterocycles. The standard InChI is InChI=1S/C20H27ClN6.C2H3F3/c1-13(22-2)17-6-5-8-27(17)18-7-9-25(3)20(26(18)4)16-12-24-19-15(16)10-14(21)11-23-19;1-2(3,4)5/h7,9-12,17-18,20,22H,1,5-6,8H2,2-4H3,(H,23,24);1H3. The van der Waals surface area contributed by atoms with E-state index in [-0.39, 0.29) is 19.3 Å². The lowest BCUT2D eigenvalue weighted by molar-refractivity contribution is -0.110. The Kier molecular flexibility index (Phi) is 7.42. The van der Waals surface area contributed by atoms with Crippen molar-refractivity contribution in [3.05, 3.63) is 53.6 Å². The molecule has 32 heavy (non-hydrogen) atoms. The minimum Gasteiger partial charge on any atom is -0.391 e. The molecule has 10 heteroatoms. The molecule has 0 aliphatic carbocycles. The highest BCUT2D eigenvalue weighted by atomic mass is 35.5. The van der Waals surface area contributed by atoms with Crippen molar-refractivity contribution in [1.82, 2.24) is 30.0 Å². The lowest BCUT2D eigenvalue weighted by Crippen LogP contribution is -2.54. The normalized spacial score (nSPS) is 24.5. The third kappa shape index (κ3) is 5.39. The summed E-state index contributed by atoms with van der Waals surface area (Å²) in [6, 6.07) is 2.35. The Morgan fingerprint density at radius 3 is 2.69 bits per heavy atom. The number of hydrogen-bond donors (Lipinski definition) is 2. The first kappa shape index (κ1) is 24.4. The van der Waals surface area contributed by atoms with E-state index in [1.807, 2.05) is 13.1 Å². The van der Waals surface area contributed by atoms with Crippen LogP contribution in [0.3, 0.4) is 0 Å². The van der Waals surface area contributed by atoms with Gasteiger partial charge in [-0.05, 0) is 38.2 Å². The molecule has 2 N–H and O–H groups in total. The number of pyridine rings is 1. The first-order valence-electron chi connectivity index (χ1n) is 10.4. The Morgan fingerprint density at radius 2 is 2.03 bits per heavy atom. The Balaban J connectivity index is 0.000000523.